The molecule has 0 aromatic carbocycles. The van der Waals surface area contributed by atoms with E-state index in [4.69, 9.17) is 9.47 Å². The Morgan fingerprint density at radius 3 is 2.50 bits per heavy atom. The van der Waals surface area contributed by atoms with Crippen molar-refractivity contribution < 1.29 is 14.6 Å². The van der Waals surface area contributed by atoms with Gasteiger partial charge in [-0.05, 0) is 25.2 Å². The summed E-state index contributed by atoms with van der Waals surface area (Å²) in [7, 11) is 0. The minimum Gasteiger partial charge on any atom is -0.389 e. The van der Waals surface area contributed by atoms with Gasteiger partial charge in [0.15, 0.2) is 0 Å². The maximum Gasteiger partial charge on any atom is 0.0897 e. The molecule has 1 aliphatic heterocycles. The molecule has 2 unspecified atom stereocenters. The van der Waals surface area contributed by atoms with Crippen molar-refractivity contribution in [1.29, 1.82) is 0 Å². The second-order valence-electron chi connectivity index (χ2n) is 6.29. The Labute approximate surface area is 111 Å². The molecule has 0 spiro atoms. The molecule has 0 radical (unpaired) electrons. The van der Waals surface area contributed by atoms with E-state index in [1.54, 1.807) is 0 Å². The number of aliphatic hydroxyl groups is 1. The summed E-state index contributed by atoms with van der Waals surface area (Å²) in [5.41, 5.74) is 0.210. The molecule has 1 saturated heterocycles. The molecule has 18 heavy (non-hydrogen) atoms. The Bertz CT molecular complexity index is 222. The minimum absolute atomic E-state index is 0.210. The molecule has 0 aromatic rings. The fourth-order valence-electron chi connectivity index (χ4n) is 1.77. The molecule has 0 aliphatic carbocycles. The van der Waals surface area contributed by atoms with Crippen molar-refractivity contribution in [1.82, 2.24) is 5.32 Å². The first kappa shape index (κ1) is 15.9. The van der Waals surface area contributed by atoms with E-state index in [0.29, 0.717) is 19.2 Å². The van der Waals surface area contributed by atoms with E-state index in [1.165, 1.54) is 0 Å². The van der Waals surface area contributed by atoms with Crippen LogP contribution in [0.2, 0.25) is 0 Å². The fourth-order valence-corrected chi connectivity index (χ4v) is 1.77. The summed E-state index contributed by atoms with van der Waals surface area (Å²) in [4.78, 5) is 0. The summed E-state index contributed by atoms with van der Waals surface area (Å²) >= 11 is 0. The molecule has 0 saturated carbocycles. The molecular weight excluding hydrogens is 230 g/mol. The van der Waals surface area contributed by atoms with Gasteiger partial charge in [-0.2, -0.15) is 0 Å². The van der Waals surface area contributed by atoms with Crippen LogP contribution < -0.4 is 5.32 Å². The number of hydrogen-bond acceptors (Lipinski definition) is 4. The van der Waals surface area contributed by atoms with Crippen molar-refractivity contribution in [3.05, 3.63) is 0 Å². The first-order valence-corrected chi connectivity index (χ1v) is 7.00. The Morgan fingerprint density at radius 2 is 1.94 bits per heavy atom. The van der Waals surface area contributed by atoms with Gasteiger partial charge in [-0.3, -0.25) is 0 Å². The molecule has 1 fully saturated rings. The van der Waals surface area contributed by atoms with Gasteiger partial charge in [0.2, 0.25) is 0 Å². The molecule has 1 aliphatic rings. The van der Waals surface area contributed by atoms with Gasteiger partial charge >= 0.3 is 0 Å². The van der Waals surface area contributed by atoms with Crippen LogP contribution in [0.25, 0.3) is 0 Å². The van der Waals surface area contributed by atoms with Crippen LogP contribution in [0.15, 0.2) is 0 Å². The maximum absolute atomic E-state index is 9.88. The summed E-state index contributed by atoms with van der Waals surface area (Å²) in [6, 6.07) is 0.371. The lowest BCUT2D eigenvalue weighted by molar-refractivity contribution is -0.0591. The third-order valence-corrected chi connectivity index (χ3v) is 3.65. The van der Waals surface area contributed by atoms with Crippen LogP contribution in [-0.4, -0.2) is 49.7 Å². The number of nitrogens with one attached hydrogen (secondary N) is 1. The fraction of sp³-hybridized carbons (Fsp3) is 1.00. The van der Waals surface area contributed by atoms with Gasteiger partial charge in [-0.15, -0.1) is 0 Å². The van der Waals surface area contributed by atoms with Gasteiger partial charge in [0.25, 0.3) is 0 Å². The van der Waals surface area contributed by atoms with Crippen LogP contribution in [0.1, 0.15) is 40.5 Å². The van der Waals surface area contributed by atoms with Crippen LogP contribution in [0.4, 0.5) is 0 Å². The average Bonchev–Trinajstić information content (AvgIpc) is 2.33. The van der Waals surface area contributed by atoms with E-state index < -0.39 is 6.10 Å². The van der Waals surface area contributed by atoms with Crippen molar-refractivity contribution >= 4 is 0 Å². The Morgan fingerprint density at radius 1 is 1.33 bits per heavy atom. The molecule has 4 nitrogen and oxygen atoms in total. The molecular formula is C14H29NO3. The van der Waals surface area contributed by atoms with Gasteiger partial charge in [0.05, 0.1) is 18.8 Å². The van der Waals surface area contributed by atoms with Gasteiger partial charge in [-0.1, -0.05) is 20.8 Å². The van der Waals surface area contributed by atoms with Gasteiger partial charge in [0, 0.05) is 25.8 Å². The first-order valence-electron chi connectivity index (χ1n) is 7.00. The molecule has 0 amide bonds. The number of aliphatic hydroxyl groups excluding tert-OH is 1. The highest BCUT2D eigenvalue weighted by molar-refractivity contribution is 4.77. The molecule has 2 atom stereocenters. The van der Waals surface area contributed by atoms with E-state index >= 15 is 0 Å². The van der Waals surface area contributed by atoms with E-state index in [0.717, 1.165) is 26.1 Å². The summed E-state index contributed by atoms with van der Waals surface area (Å²) in [6.45, 7) is 11.3. The smallest absolute Gasteiger partial charge is 0.0897 e. The van der Waals surface area contributed by atoms with E-state index in [1.807, 2.05) is 0 Å². The molecule has 4 heteroatoms. The van der Waals surface area contributed by atoms with Crippen molar-refractivity contribution in [2.75, 3.05) is 26.4 Å². The Kier molecular flexibility index (Phi) is 6.57. The van der Waals surface area contributed by atoms with E-state index in [-0.39, 0.29) is 11.5 Å². The highest BCUT2D eigenvalue weighted by Gasteiger charge is 2.21. The Balaban J connectivity index is 2.11. The molecule has 2 N–H and O–H groups in total. The number of ether oxygens (including phenoxy) is 2. The normalized spacial score (nSPS) is 21.8. The highest BCUT2D eigenvalue weighted by atomic mass is 16.5. The van der Waals surface area contributed by atoms with E-state index in [9.17, 15) is 5.11 Å². The molecule has 0 bridgehead atoms. The standard InChI is InChI=1S/C14H29NO3/c1-11(14(2,3)4)15-9-12(16)10-18-13-5-7-17-8-6-13/h11-13,15-16H,5-10H2,1-4H3. The van der Waals surface area contributed by atoms with E-state index in [2.05, 4.69) is 33.0 Å². The lowest BCUT2D eigenvalue weighted by Gasteiger charge is -2.29. The SMILES string of the molecule is CC(NCC(O)COC1CCOCC1)C(C)(C)C. The summed E-state index contributed by atoms with van der Waals surface area (Å²) in [5, 5.41) is 13.2. The molecule has 108 valence electrons. The second-order valence-corrected chi connectivity index (χ2v) is 6.29. The van der Waals surface area contributed by atoms with Crippen LogP contribution in [0.3, 0.4) is 0 Å². The highest BCUT2D eigenvalue weighted by Crippen LogP contribution is 2.18. The lowest BCUT2D eigenvalue weighted by atomic mass is 9.88. The Hall–Kier alpha value is -0.160. The third-order valence-electron chi connectivity index (χ3n) is 3.65. The largest absolute Gasteiger partial charge is 0.389 e. The summed E-state index contributed by atoms with van der Waals surface area (Å²) < 4.78 is 11.0. The van der Waals surface area contributed by atoms with Crippen LogP contribution in [0.5, 0.6) is 0 Å². The van der Waals surface area contributed by atoms with Crippen molar-refractivity contribution in [2.45, 2.75) is 58.8 Å². The van der Waals surface area contributed by atoms with Crippen LogP contribution >= 0.6 is 0 Å². The van der Waals surface area contributed by atoms with Crippen molar-refractivity contribution in [2.24, 2.45) is 5.41 Å². The number of hydrogen-bond donors (Lipinski definition) is 2. The van der Waals surface area contributed by atoms with Gasteiger partial charge in [0.1, 0.15) is 0 Å². The quantitative estimate of drug-likeness (QED) is 0.760. The molecule has 0 aromatic heterocycles. The predicted molar refractivity (Wildman–Crippen MR) is 72.7 cm³/mol. The zero-order valence-corrected chi connectivity index (χ0v) is 12.2. The zero-order chi connectivity index (χ0) is 13.6. The third kappa shape index (κ3) is 6.14. The zero-order valence-electron chi connectivity index (χ0n) is 12.2. The minimum atomic E-state index is -0.433. The average molecular weight is 259 g/mol. The van der Waals surface area contributed by atoms with Gasteiger partial charge in [-0.25, -0.2) is 0 Å². The number of rotatable bonds is 6. The van der Waals surface area contributed by atoms with Crippen LogP contribution in [-0.2, 0) is 9.47 Å². The monoisotopic (exact) mass is 259 g/mol. The second kappa shape index (κ2) is 7.43. The predicted octanol–water partition coefficient (Wildman–Crippen LogP) is 1.57. The van der Waals surface area contributed by atoms with Crippen molar-refractivity contribution in [3.8, 4) is 0 Å². The van der Waals surface area contributed by atoms with Crippen molar-refractivity contribution in [3.63, 3.8) is 0 Å². The first-order chi connectivity index (χ1) is 8.39. The maximum atomic E-state index is 9.88. The van der Waals surface area contributed by atoms with Gasteiger partial charge < -0.3 is 19.9 Å². The van der Waals surface area contributed by atoms with Crippen LogP contribution in [0, 0.1) is 5.41 Å². The summed E-state index contributed by atoms with van der Waals surface area (Å²) in [6.07, 6.45) is 1.71. The lowest BCUT2D eigenvalue weighted by Crippen LogP contribution is -2.43. The molecule has 1 heterocycles. The topological polar surface area (TPSA) is 50.7 Å². The molecule has 1 rings (SSSR count). The summed E-state index contributed by atoms with van der Waals surface area (Å²) in [5.74, 6) is 0.